The van der Waals surface area contributed by atoms with E-state index in [1.807, 2.05) is 0 Å². The minimum atomic E-state index is 0.291. The Morgan fingerprint density at radius 1 is 1.00 bits per heavy atom. The fraction of sp³-hybridized carbons (Fsp3) is 0.0714. The first-order valence-electron chi connectivity index (χ1n) is 5.31. The van der Waals surface area contributed by atoms with Gasteiger partial charge in [0.25, 0.3) is 0 Å². The molecule has 0 saturated heterocycles. The Labute approximate surface area is 115 Å². The maximum Gasteiger partial charge on any atom is 0.150 e. The van der Waals surface area contributed by atoms with Gasteiger partial charge in [-0.25, -0.2) is 0 Å². The quantitative estimate of drug-likeness (QED) is 0.777. The summed E-state index contributed by atoms with van der Waals surface area (Å²) >= 11 is 12.1. The Hall–Kier alpha value is -1.51. The van der Waals surface area contributed by atoms with Gasteiger partial charge in [0.2, 0.25) is 0 Å². The number of benzene rings is 2. The number of rotatable bonds is 4. The molecule has 2 aromatic rings. The number of hydrogen-bond acceptors (Lipinski definition) is 2. The van der Waals surface area contributed by atoms with Crippen LogP contribution in [-0.4, -0.2) is 6.29 Å². The van der Waals surface area contributed by atoms with Crippen molar-refractivity contribution in [2.75, 3.05) is 0 Å². The van der Waals surface area contributed by atoms with Gasteiger partial charge >= 0.3 is 0 Å². The Morgan fingerprint density at radius 2 is 1.61 bits per heavy atom. The monoisotopic (exact) mass is 280 g/mol. The highest BCUT2D eigenvalue weighted by molar-refractivity contribution is 6.35. The summed E-state index contributed by atoms with van der Waals surface area (Å²) in [6.45, 7) is 0.291. The molecule has 0 aliphatic carbocycles. The standard InChI is InChI=1S/C14H10Cl2O2/c15-13-2-1-3-14(16)12(13)9-18-11-6-4-10(8-17)5-7-11/h1-8H,9H2. The topological polar surface area (TPSA) is 26.3 Å². The van der Waals surface area contributed by atoms with Crippen molar-refractivity contribution in [3.05, 3.63) is 63.6 Å². The molecule has 0 amide bonds. The van der Waals surface area contributed by atoms with Gasteiger partial charge in [-0.3, -0.25) is 4.79 Å². The van der Waals surface area contributed by atoms with Crippen LogP contribution in [0.3, 0.4) is 0 Å². The molecule has 18 heavy (non-hydrogen) atoms. The predicted octanol–water partition coefficient (Wildman–Crippen LogP) is 4.38. The van der Waals surface area contributed by atoms with E-state index in [-0.39, 0.29) is 0 Å². The number of ether oxygens (including phenoxy) is 1. The second-order valence-corrected chi connectivity index (χ2v) is 4.49. The number of aldehydes is 1. The van der Waals surface area contributed by atoms with E-state index in [9.17, 15) is 4.79 Å². The van der Waals surface area contributed by atoms with Gasteiger partial charge in [-0.1, -0.05) is 29.3 Å². The smallest absolute Gasteiger partial charge is 0.150 e. The van der Waals surface area contributed by atoms with Crippen molar-refractivity contribution >= 4 is 29.5 Å². The highest BCUT2D eigenvalue weighted by atomic mass is 35.5. The summed E-state index contributed by atoms with van der Waals surface area (Å²) in [6, 6.07) is 12.2. The molecule has 0 spiro atoms. The Balaban J connectivity index is 2.09. The minimum absolute atomic E-state index is 0.291. The molecule has 0 saturated carbocycles. The van der Waals surface area contributed by atoms with Gasteiger partial charge in [0, 0.05) is 21.2 Å². The summed E-state index contributed by atoms with van der Waals surface area (Å²) in [5.41, 5.74) is 1.36. The molecule has 0 bridgehead atoms. The molecule has 92 valence electrons. The molecule has 0 heterocycles. The van der Waals surface area contributed by atoms with Gasteiger partial charge in [-0.2, -0.15) is 0 Å². The third-order valence-electron chi connectivity index (χ3n) is 2.46. The lowest BCUT2D eigenvalue weighted by atomic mass is 10.2. The van der Waals surface area contributed by atoms with E-state index in [1.54, 1.807) is 42.5 Å². The van der Waals surface area contributed by atoms with Crippen LogP contribution in [0, 0.1) is 0 Å². The van der Waals surface area contributed by atoms with E-state index >= 15 is 0 Å². The molecular formula is C14H10Cl2O2. The fourth-order valence-electron chi connectivity index (χ4n) is 1.47. The molecule has 0 N–H and O–H groups in total. The maximum atomic E-state index is 10.5. The van der Waals surface area contributed by atoms with Gasteiger partial charge in [-0.15, -0.1) is 0 Å². The molecular weight excluding hydrogens is 271 g/mol. The van der Waals surface area contributed by atoms with Gasteiger partial charge in [0.1, 0.15) is 18.6 Å². The van der Waals surface area contributed by atoms with Crippen molar-refractivity contribution in [2.24, 2.45) is 0 Å². The lowest BCUT2D eigenvalue weighted by Crippen LogP contribution is -1.97. The van der Waals surface area contributed by atoms with E-state index in [2.05, 4.69) is 0 Å². The molecule has 0 aliphatic rings. The van der Waals surface area contributed by atoms with Crippen LogP contribution in [0.4, 0.5) is 0 Å². The van der Waals surface area contributed by atoms with Crippen molar-refractivity contribution in [3.8, 4) is 5.75 Å². The predicted molar refractivity (Wildman–Crippen MR) is 72.6 cm³/mol. The second kappa shape index (κ2) is 5.89. The third kappa shape index (κ3) is 3.03. The summed E-state index contributed by atoms with van der Waals surface area (Å²) in [5, 5.41) is 1.15. The zero-order chi connectivity index (χ0) is 13.0. The van der Waals surface area contributed by atoms with Crippen LogP contribution >= 0.6 is 23.2 Å². The normalized spacial score (nSPS) is 10.1. The van der Waals surface area contributed by atoms with Crippen LogP contribution < -0.4 is 4.74 Å². The summed E-state index contributed by atoms with van der Waals surface area (Å²) in [6.07, 6.45) is 0.786. The molecule has 0 radical (unpaired) electrons. The van der Waals surface area contributed by atoms with Crippen LogP contribution in [0.15, 0.2) is 42.5 Å². The van der Waals surface area contributed by atoms with Crippen molar-refractivity contribution in [1.82, 2.24) is 0 Å². The Kier molecular flexibility index (Phi) is 4.24. The summed E-state index contributed by atoms with van der Waals surface area (Å²) in [7, 11) is 0. The van der Waals surface area contributed by atoms with Crippen LogP contribution in [-0.2, 0) is 6.61 Å². The number of carbonyl (C=O) groups excluding carboxylic acids is 1. The van der Waals surface area contributed by atoms with Crippen LogP contribution in [0.5, 0.6) is 5.75 Å². The van der Waals surface area contributed by atoms with E-state index in [0.29, 0.717) is 28.0 Å². The van der Waals surface area contributed by atoms with Crippen LogP contribution in [0.1, 0.15) is 15.9 Å². The molecule has 0 aromatic heterocycles. The van der Waals surface area contributed by atoms with E-state index in [1.165, 1.54) is 0 Å². The number of carbonyl (C=O) groups is 1. The highest BCUT2D eigenvalue weighted by Crippen LogP contribution is 2.25. The first-order valence-corrected chi connectivity index (χ1v) is 6.07. The largest absolute Gasteiger partial charge is 0.489 e. The average molecular weight is 281 g/mol. The molecule has 0 atom stereocenters. The number of hydrogen-bond donors (Lipinski definition) is 0. The molecule has 0 fully saturated rings. The van der Waals surface area contributed by atoms with Crippen molar-refractivity contribution in [2.45, 2.75) is 6.61 Å². The van der Waals surface area contributed by atoms with Gasteiger partial charge in [0.05, 0.1) is 0 Å². The van der Waals surface area contributed by atoms with Crippen molar-refractivity contribution in [1.29, 1.82) is 0 Å². The SMILES string of the molecule is O=Cc1ccc(OCc2c(Cl)cccc2Cl)cc1. The molecule has 0 unspecified atom stereocenters. The van der Waals surface area contributed by atoms with Crippen molar-refractivity contribution < 1.29 is 9.53 Å². The number of halogens is 2. The van der Waals surface area contributed by atoms with Gasteiger partial charge in [0.15, 0.2) is 0 Å². The molecule has 2 rings (SSSR count). The third-order valence-corrected chi connectivity index (χ3v) is 3.17. The minimum Gasteiger partial charge on any atom is -0.489 e. The molecule has 2 nitrogen and oxygen atoms in total. The average Bonchev–Trinajstić information content (AvgIpc) is 2.39. The van der Waals surface area contributed by atoms with Crippen LogP contribution in [0.25, 0.3) is 0 Å². The lowest BCUT2D eigenvalue weighted by Gasteiger charge is -2.09. The Morgan fingerprint density at radius 3 is 2.17 bits per heavy atom. The van der Waals surface area contributed by atoms with Gasteiger partial charge in [-0.05, 0) is 36.4 Å². The van der Waals surface area contributed by atoms with Gasteiger partial charge < -0.3 is 4.74 Å². The molecule has 2 aromatic carbocycles. The van der Waals surface area contributed by atoms with E-state index < -0.39 is 0 Å². The second-order valence-electron chi connectivity index (χ2n) is 3.68. The lowest BCUT2D eigenvalue weighted by molar-refractivity contribution is 0.112. The highest BCUT2D eigenvalue weighted by Gasteiger charge is 2.06. The maximum absolute atomic E-state index is 10.5. The van der Waals surface area contributed by atoms with Crippen molar-refractivity contribution in [3.63, 3.8) is 0 Å². The van der Waals surface area contributed by atoms with E-state index in [4.69, 9.17) is 27.9 Å². The fourth-order valence-corrected chi connectivity index (χ4v) is 1.97. The first-order chi connectivity index (χ1) is 8.70. The zero-order valence-electron chi connectivity index (χ0n) is 9.40. The van der Waals surface area contributed by atoms with E-state index in [0.717, 1.165) is 11.8 Å². The first kappa shape index (κ1) is 12.9. The zero-order valence-corrected chi connectivity index (χ0v) is 10.9. The molecule has 0 aliphatic heterocycles. The summed E-state index contributed by atoms with van der Waals surface area (Å²) < 4.78 is 5.57. The summed E-state index contributed by atoms with van der Waals surface area (Å²) in [5.74, 6) is 0.664. The Bertz CT molecular complexity index is 530. The van der Waals surface area contributed by atoms with Crippen LogP contribution in [0.2, 0.25) is 10.0 Å². The molecule has 4 heteroatoms. The summed E-state index contributed by atoms with van der Waals surface area (Å²) in [4.78, 5) is 10.5.